The predicted octanol–water partition coefficient (Wildman–Crippen LogP) is 2.33. The highest BCUT2D eigenvalue weighted by Gasteiger charge is 2.17. The van der Waals surface area contributed by atoms with E-state index in [0.29, 0.717) is 29.3 Å². The van der Waals surface area contributed by atoms with Crippen LogP contribution in [0.2, 0.25) is 5.02 Å². The first-order valence-electron chi connectivity index (χ1n) is 6.17. The average molecular weight is 311 g/mol. The minimum absolute atomic E-state index is 0.146. The average Bonchev–Trinajstić information content (AvgIpc) is 2.48. The summed E-state index contributed by atoms with van der Waals surface area (Å²) in [5.74, 6) is 0.829. The fourth-order valence-corrected chi connectivity index (χ4v) is 2.24. The summed E-state index contributed by atoms with van der Waals surface area (Å²) in [6.07, 6.45) is 1.30. The van der Waals surface area contributed by atoms with Gasteiger partial charge in [0, 0.05) is 17.7 Å². The van der Waals surface area contributed by atoms with Gasteiger partial charge in [0.15, 0.2) is 12.6 Å². The van der Waals surface area contributed by atoms with Gasteiger partial charge >= 0.3 is 0 Å². The van der Waals surface area contributed by atoms with E-state index >= 15 is 0 Å². The van der Waals surface area contributed by atoms with Crippen LogP contribution in [0.1, 0.15) is 11.1 Å². The number of hydrogen-bond donors (Lipinski definition) is 2. The van der Waals surface area contributed by atoms with Crippen molar-refractivity contribution >= 4 is 23.2 Å². The standard InChI is InChI=1S/C13H12ClFN4O2/c14-10-12(16)18-5-19-13(10)17-3-7-1-9(15)2-8-4-20-6-21-11(7)8/h1-2,5H,3-4,6H2,(H3,16,17,18,19). The van der Waals surface area contributed by atoms with Crippen molar-refractivity contribution in [3.63, 3.8) is 0 Å². The number of rotatable bonds is 3. The number of nitrogens with two attached hydrogens (primary N) is 1. The Labute approximate surface area is 125 Å². The monoisotopic (exact) mass is 310 g/mol. The van der Waals surface area contributed by atoms with Gasteiger partial charge in [0.25, 0.3) is 0 Å². The number of ether oxygens (including phenoxy) is 2. The van der Waals surface area contributed by atoms with Gasteiger partial charge < -0.3 is 20.5 Å². The van der Waals surface area contributed by atoms with Crippen molar-refractivity contribution in [3.8, 4) is 5.75 Å². The van der Waals surface area contributed by atoms with Crippen molar-refractivity contribution in [2.45, 2.75) is 13.2 Å². The topological polar surface area (TPSA) is 82.3 Å². The summed E-state index contributed by atoms with van der Waals surface area (Å²) in [5, 5.41) is 3.23. The van der Waals surface area contributed by atoms with E-state index in [1.165, 1.54) is 18.5 Å². The predicted molar refractivity (Wildman–Crippen MR) is 75.5 cm³/mol. The molecule has 6 nitrogen and oxygen atoms in total. The third-order valence-corrected chi connectivity index (χ3v) is 3.39. The molecule has 3 N–H and O–H groups in total. The van der Waals surface area contributed by atoms with Gasteiger partial charge in [-0.05, 0) is 12.1 Å². The zero-order chi connectivity index (χ0) is 14.8. The molecule has 0 atom stereocenters. The number of anilines is 2. The van der Waals surface area contributed by atoms with Gasteiger partial charge in [0.1, 0.15) is 28.7 Å². The lowest BCUT2D eigenvalue weighted by molar-refractivity contribution is -0.0172. The fraction of sp³-hybridized carbons (Fsp3) is 0.231. The SMILES string of the molecule is Nc1ncnc(NCc2cc(F)cc3c2OCOC3)c1Cl. The number of halogens is 2. The lowest BCUT2D eigenvalue weighted by atomic mass is 10.1. The molecular weight excluding hydrogens is 299 g/mol. The molecule has 1 aromatic carbocycles. The van der Waals surface area contributed by atoms with E-state index in [9.17, 15) is 4.39 Å². The molecule has 3 rings (SSSR count). The molecule has 0 aliphatic carbocycles. The van der Waals surface area contributed by atoms with E-state index in [-0.39, 0.29) is 30.0 Å². The third kappa shape index (κ3) is 2.84. The molecule has 0 radical (unpaired) electrons. The minimum Gasteiger partial charge on any atom is -0.467 e. The lowest BCUT2D eigenvalue weighted by Crippen LogP contribution is -2.15. The molecule has 2 heterocycles. The Kier molecular flexibility index (Phi) is 3.76. The highest BCUT2D eigenvalue weighted by atomic mass is 35.5. The van der Waals surface area contributed by atoms with Crippen molar-refractivity contribution < 1.29 is 13.9 Å². The first-order chi connectivity index (χ1) is 10.1. The molecule has 0 saturated heterocycles. The lowest BCUT2D eigenvalue weighted by Gasteiger charge is -2.21. The maximum absolute atomic E-state index is 13.6. The van der Waals surface area contributed by atoms with Gasteiger partial charge in [-0.25, -0.2) is 14.4 Å². The minimum atomic E-state index is -0.354. The van der Waals surface area contributed by atoms with Crippen LogP contribution in [0.4, 0.5) is 16.0 Å². The normalized spacial score (nSPS) is 13.4. The van der Waals surface area contributed by atoms with Gasteiger partial charge in [-0.2, -0.15) is 0 Å². The van der Waals surface area contributed by atoms with Gasteiger partial charge in [0.05, 0.1) is 6.61 Å². The molecule has 0 bridgehead atoms. The molecule has 21 heavy (non-hydrogen) atoms. The smallest absolute Gasteiger partial charge is 0.189 e. The summed E-state index contributed by atoms with van der Waals surface area (Å²) in [6.45, 7) is 0.754. The Hall–Kier alpha value is -2.12. The number of nitrogens with one attached hydrogen (secondary N) is 1. The number of hydrogen-bond acceptors (Lipinski definition) is 6. The van der Waals surface area contributed by atoms with E-state index in [0.717, 1.165) is 0 Å². The molecule has 1 aromatic heterocycles. The summed E-state index contributed by atoms with van der Waals surface area (Å²) >= 11 is 6.00. The van der Waals surface area contributed by atoms with Crippen molar-refractivity contribution in [1.29, 1.82) is 0 Å². The molecule has 0 saturated carbocycles. The van der Waals surface area contributed by atoms with Crippen molar-refractivity contribution in [2.24, 2.45) is 0 Å². The number of aromatic nitrogens is 2. The fourth-order valence-electron chi connectivity index (χ4n) is 2.07. The van der Waals surface area contributed by atoms with Gasteiger partial charge in [-0.1, -0.05) is 11.6 Å². The molecule has 8 heteroatoms. The van der Waals surface area contributed by atoms with Gasteiger partial charge in [0.2, 0.25) is 0 Å². The molecular formula is C13H12ClFN4O2. The van der Waals surface area contributed by atoms with Crippen LogP contribution in [0, 0.1) is 5.82 Å². The van der Waals surface area contributed by atoms with Crippen LogP contribution in [0.5, 0.6) is 5.75 Å². The first-order valence-corrected chi connectivity index (χ1v) is 6.54. The molecule has 1 aliphatic rings. The van der Waals surface area contributed by atoms with Crippen LogP contribution in [0.3, 0.4) is 0 Å². The van der Waals surface area contributed by atoms with Crippen LogP contribution < -0.4 is 15.8 Å². The molecule has 1 aliphatic heterocycles. The zero-order valence-electron chi connectivity index (χ0n) is 10.9. The van der Waals surface area contributed by atoms with Crippen molar-refractivity contribution in [2.75, 3.05) is 17.8 Å². The second-order valence-electron chi connectivity index (χ2n) is 4.44. The summed E-state index contributed by atoms with van der Waals surface area (Å²) in [6, 6.07) is 2.79. The van der Waals surface area contributed by atoms with Crippen LogP contribution in [-0.4, -0.2) is 16.8 Å². The second-order valence-corrected chi connectivity index (χ2v) is 4.82. The molecule has 0 unspecified atom stereocenters. The number of nitrogens with zero attached hydrogens (tertiary/aromatic N) is 2. The Morgan fingerprint density at radius 2 is 2.24 bits per heavy atom. The Morgan fingerprint density at radius 1 is 1.38 bits per heavy atom. The highest BCUT2D eigenvalue weighted by molar-refractivity contribution is 6.35. The molecule has 0 spiro atoms. The summed E-state index contributed by atoms with van der Waals surface area (Å²) in [7, 11) is 0. The largest absolute Gasteiger partial charge is 0.467 e. The van der Waals surface area contributed by atoms with E-state index < -0.39 is 0 Å². The van der Waals surface area contributed by atoms with Gasteiger partial charge in [-0.3, -0.25) is 0 Å². The summed E-state index contributed by atoms with van der Waals surface area (Å²) in [5.41, 5.74) is 6.93. The van der Waals surface area contributed by atoms with E-state index in [1.807, 2.05) is 0 Å². The van der Waals surface area contributed by atoms with Crippen LogP contribution in [0.25, 0.3) is 0 Å². The second kappa shape index (κ2) is 5.71. The van der Waals surface area contributed by atoms with E-state index in [4.69, 9.17) is 26.8 Å². The highest BCUT2D eigenvalue weighted by Crippen LogP contribution is 2.31. The van der Waals surface area contributed by atoms with E-state index in [1.54, 1.807) is 0 Å². The Bertz CT molecular complexity index is 683. The molecule has 2 aromatic rings. The van der Waals surface area contributed by atoms with Crippen molar-refractivity contribution in [1.82, 2.24) is 9.97 Å². The van der Waals surface area contributed by atoms with Crippen molar-refractivity contribution in [3.05, 3.63) is 40.4 Å². The zero-order valence-corrected chi connectivity index (χ0v) is 11.7. The Balaban J connectivity index is 1.85. The maximum Gasteiger partial charge on any atom is 0.189 e. The number of fused-ring (bicyclic) bond motifs is 1. The summed E-state index contributed by atoms with van der Waals surface area (Å²) in [4.78, 5) is 7.77. The van der Waals surface area contributed by atoms with E-state index in [2.05, 4.69) is 15.3 Å². The van der Waals surface area contributed by atoms with Crippen LogP contribution in [0.15, 0.2) is 18.5 Å². The van der Waals surface area contributed by atoms with Crippen LogP contribution >= 0.6 is 11.6 Å². The summed E-state index contributed by atoms with van der Waals surface area (Å²) < 4.78 is 24.2. The molecule has 0 amide bonds. The van der Waals surface area contributed by atoms with Gasteiger partial charge in [-0.15, -0.1) is 0 Å². The van der Waals surface area contributed by atoms with Crippen LogP contribution in [-0.2, 0) is 17.9 Å². The number of benzene rings is 1. The molecule has 0 fully saturated rings. The Morgan fingerprint density at radius 3 is 3.10 bits per heavy atom. The first kappa shape index (κ1) is 13.8. The quantitative estimate of drug-likeness (QED) is 0.905. The number of nitrogen functional groups attached to an aromatic ring is 1. The third-order valence-electron chi connectivity index (χ3n) is 3.01. The molecule has 110 valence electrons. The maximum atomic E-state index is 13.6.